The standard InChI is InChI=1S/C22H16N2O4/c25-23(26)21-11-5-3-9-19(21)15-13-17-7-1-2-8-18(17)14-16-20-10-4-6-12-22(20)24(27)28/h1-16H. The lowest BCUT2D eigenvalue weighted by atomic mass is 10.0. The molecule has 3 aromatic carbocycles. The summed E-state index contributed by atoms with van der Waals surface area (Å²) in [7, 11) is 0. The van der Waals surface area contributed by atoms with Crippen LogP contribution >= 0.6 is 0 Å². The Morgan fingerprint density at radius 2 is 0.786 bits per heavy atom. The lowest BCUT2D eigenvalue weighted by molar-refractivity contribution is -0.385. The van der Waals surface area contributed by atoms with E-state index in [1.54, 1.807) is 60.7 Å². The van der Waals surface area contributed by atoms with Gasteiger partial charge in [0.1, 0.15) is 0 Å². The highest BCUT2D eigenvalue weighted by atomic mass is 16.6. The van der Waals surface area contributed by atoms with Crippen LogP contribution in [0, 0.1) is 20.2 Å². The zero-order valence-electron chi connectivity index (χ0n) is 14.8. The van der Waals surface area contributed by atoms with Crippen molar-refractivity contribution < 1.29 is 9.85 Å². The number of nitro groups is 2. The second-order valence-corrected chi connectivity index (χ2v) is 5.93. The lowest BCUT2D eigenvalue weighted by Gasteiger charge is -2.02. The third kappa shape index (κ3) is 4.37. The molecule has 0 aromatic heterocycles. The fourth-order valence-electron chi connectivity index (χ4n) is 2.76. The minimum Gasteiger partial charge on any atom is -0.258 e. The summed E-state index contributed by atoms with van der Waals surface area (Å²) in [5, 5.41) is 22.3. The van der Waals surface area contributed by atoms with E-state index in [-0.39, 0.29) is 11.4 Å². The first-order valence-corrected chi connectivity index (χ1v) is 8.48. The van der Waals surface area contributed by atoms with Crippen LogP contribution in [0.3, 0.4) is 0 Å². The van der Waals surface area contributed by atoms with Gasteiger partial charge in [-0.15, -0.1) is 0 Å². The summed E-state index contributed by atoms with van der Waals surface area (Å²) in [6, 6.07) is 20.5. The Hall–Kier alpha value is -4.06. The normalized spacial score (nSPS) is 11.1. The zero-order valence-corrected chi connectivity index (χ0v) is 14.8. The van der Waals surface area contributed by atoms with Gasteiger partial charge in [-0.1, -0.05) is 60.7 Å². The van der Waals surface area contributed by atoms with E-state index in [2.05, 4.69) is 0 Å². The van der Waals surface area contributed by atoms with Crippen LogP contribution in [0.1, 0.15) is 22.3 Å². The first kappa shape index (κ1) is 18.7. The van der Waals surface area contributed by atoms with Crippen molar-refractivity contribution >= 4 is 35.7 Å². The van der Waals surface area contributed by atoms with Crippen LogP contribution in [0.4, 0.5) is 11.4 Å². The highest BCUT2D eigenvalue weighted by Gasteiger charge is 2.10. The quantitative estimate of drug-likeness (QED) is 0.309. The molecule has 0 unspecified atom stereocenters. The van der Waals surface area contributed by atoms with Crippen LogP contribution in [0.5, 0.6) is 0 Å². The van der Waals surface area contributed by atoms with Crippen molar-refractivity contribution in [2.24, 2.45) is 0 Å². The molecule has 0 atom stereocenters. The van der Waals surface area contributed by atoms with Crippen LogP contribution in [0.2, 0.25) is 0 Å². The SMILES string of the molecule is O=[N+]([O-])c1ccccc1C=Cc1ccccc1C=Cc1ccccc1[N+](=O)[O-]. The van der Waals surface area contributed by atoms with E-state index in [0.717, 1.165) is 11.1 Å². The lowest BCUT2D eigenvalue weighted by Crippen LogP contribution is -1.91. The smallest absolute Gasteiger partial charge is 0.258 e. The first-order chi connectivity index (χ1) is 13.6. The molecule has 6 nitrogen and oxygen atoms in total. The van der Waals surface area contributed by atoms with E-state index < -0.39 is 9.85 Å². The maximum absolute atomic E-state index is 11.2. The Balaban J connectivity index is 1.93. The Bertz CT molecular complexity index is 1000. The molecule has 28 heavy (non-hydrogen) atoms. The molecule has 0 saturated carbocycles. The fraction of sp³-hybridized carbons (Fsp3) is 0. The van der Waals surface area contributed by atoms with Gasteiger partial charge in [0.25, 0.3) is 11.4 Å². The summed E-state index contributed by atoms with van der Waals surface area (Å²) >= 11 is 0. The number of benzene rings is 3. The van der Waals surface area contributed by atoms with E-state index in [1.165, 1.54) is 12.1 Å². The Morgan fingerprint density at radius 1 is 0.500 bits per heavy atom. The second-order valence-electron chi connectivity index (χ2n) is 5.93. The van der Waals surface area contributed by atoms with Gasteiger partial charge in [0.15, 0.2) is 0 Å². The molecule has 0 N–H and O–H groups in total. The first-order valence-electron chi connectivity index (χ1n) is 8.48. The molecular weight excluding hydrogens is 356 g/mol. The number of nitro benzene ring substituents is 2. The maximum Gasteiger partial charge on any atom is 0.276 e. The molecule has 0 fully saturated rings. The molecule has 0 aliphatic heterocycles. The van der Waals surface area contributed by atoms with E-state index in [4.69, 9.17) is 0 Å². The topological polar surface area (TPSA) is 86.3 Å². The number of hydrogen-bond acceptors (Lipinski definition) is 4. The average Bonchev–Trinajstić information content (AvgIpc) is 2.71. The van der Waals surface area contributed by atoms with E-state index in [1.807, 2.05) is 24.3 Å². The summed E-state index contributed by atoms with van der Waals surface area (Å²) < 4.78 is 0. The van der Waals surface area contributed by atoms with Gasteiger partial charge in [0.05, 0.1) is 21.0 Å². The van der Waals surface area contributed by atoms with Gasteiger partial charge < -0.3 is 0 Å². The summed E-state index contributed by atoms with van der Waals surface area (Å²) in [6.07, 6.45) is 6.97. The molecule has 138 valence electrons. The Kier molecular flexibility index (Phi) is 5.72. The molecule has 0 aliphatic rings. The molecule has 0 saturated heterocycles. The third-order valence-electron chi connectivity index (χ3n) is 4.15. The van der Waals surface area contributed by atoms with Crippen molar-refractivity contribution in [1.29, 1.82) is 0 Å². The van der Waals surface area contributed by atoms with E-state index in [0.29, 0.717) is 11.1 Å². The molecule has 3 aromatic rings. The Labute approximate surface area is 161 Å². The second kappa shape index (κ2) is 8.55. The van der Waals surface area contributed by atoms with Crippen LogP contribution in [-0.2, 0) is 0 Å². The van der Waals surface area contributed by atoms with Crippen LogP contribution in [0.15, 0.2) is 72.8 Å². The monoisotopic (exact) mass is 372 g/mol. The predicted octanol–water partition coefficient (Wildman–Crippen LogP) is 5.84. The number of para-hydroxylation sites is 2. The van der Waals surface area contributed by atoms with Crippen molar-refractivity contribution in [3.05, 3.63) is 115 Å². The van der Waals surface area contributed by atoms with Crippen molar-refractivity contribution in [3.8, 4) is 0 Å². The molecular formula is C22H16N2O4. The molecule has 3 rings (SSSR count). The van der Waals surface area contributed by atoms with Gasteiger partial charge in [-0.05, 0) is 35.4 Å². The molecule has 0 aliphatic carbocycles. The van der Waals surface area contributed by atoms with Crippen LogP contribution < -0.4 is 0 Å². The predicted molar refractivity (Wildman–Crippen MR) is 110 cm³/mol. The minimum atomic E-state index is -0.417. The van der Waals surface area contributed by atoms with Gasteiger partial charge in [0.2, 0.25) is 0 Å². The average molecular weight is 372 g/mol. The summed E-state index contributed by atoms with van der Waals surface area (Å²) in [6.45, 7) is 0. The summed E-state index contributed by atoms with van der Waals surface area (Å²) in [5.74, 6) is 0. The highest BCUT2D eigenvalue weighted by molar-refractivity contribution is 5.82. The van der Waals surface area contributed by atoms with Crippen LogP contribution in [0.25, 0.3) is 24.3 Å². The van der Waals surface area contributed by atoms with Gasteiger partial charge in [-0.3, -0.25) is 20.2 Å². The molecule has 0 radical (unpaired) electrons. The van der Waals surface area contributed by atoms with Gasteiger partial charge >= 0.3 is 0 Å². The highest BCUT2D eigenvalue weighted by Crippen LogP contribution is 2.24. The van der Waals surface area contributed by atoms with Crippen LogP contribution in [-0.4, -0.2) is 9.85 Å². The van der Waals surface area contributed by atoms with Gasteiger partial charge in [0, 0.05) is 12.1 Å². The van der Waals surface area contributed by atoms with Crippen molar-refractivity contribution in [2.75, 3.05) is 0 Å². The third-order valence-corrected chi connectivity index (χ3v) is 4.15. The zero-order chi connectivity index (χ0) is 19.9. The molecule has 0 heterocycles. The van der Waals surface area contributed by atoms with E-state index >= 15 is 0 Å². The van der Waals surface area contributed by atoms with Gasteiger partial charge in [-0.2, -0.15) is 0 Å². The molecule has 0 amide bonds. The number of rotatable bonds is 6. The number of hydrogen-bond donors (Lipinski definition) is 0. The minimum absolute atomic E-state index is 0.0340. The maximum atomic E-state index is 11.2. The largest absolute Gasteiger partial charge is 0.276 e. The molecule has 6 heteroatoms. The molecule has 0 bridgehead atoms. The fourth-order valence-corrected chi connectivity index (χ4v) is 2.76. The summed E-state index contributed by atoms with van der Waals surface area (Å²) in [4.78, 5) is 21.5. The van der Waals surface area contributed by atoms with Gasteiger partial charge in [-0.25, -0.2) is 0 Å². The van der Waals surface area contributed by atoms with E-state index in [9.17, 15) is 20.2 Å². The summed E-state index contributed by atoms with van der Waals surface area (Å²) in [5.41, 5.74) is 2.76. The van der Waals surface area contributed by atoms with Crippen molar-refractivity contribution in [2.45, 2.75) is 0 Å². The molecule has 0 spiro atoms. The number of nitrogens with zero attached hydrogens (tertiary/aromatic N) is 2. The van der Waals surface area contributed by atoms with Crippen molar-refractivity contribution in [3.63, 3.8) is 0 Å². The van der Waals surface area contributed by atoms with Crippen molar-refractivity contribution in [1.82, 2.24) is 0 Å². The Morgan fingerprint density at radius 3 is 1.14 bits per heavy atom.